The summed E-state index contributed by atoms with van der Waals surface area (Å²) < 4.78 is 0. The molecule has 8 nitrogen and oxygen atoms in total. The maximum atomic E-state index is 14.1. The van der Waals surface area contributed by atoms with E-state index in [1.54, 1.807) is 35.2 Å². The average Bonchev–Trinajstić information content (AvgIpc) is 2.98. The summed E-state index contributed by atoms with van der Waals surface area (Å²) in [5.41, 5.74) is 3.93. The van der Waals surface area contributed by atoms with E-state index in [-0.39, 0.29) is 24.8 Å². The molecular formula is C32H36N4O4. The second-order valence-electron chi connectivity index (χ2n) is 11.3. The van der Waals surface area contributed by atoms with Gasteiger partial charge in [0, 0.05) is 16.7 Å². The third-order valence-electron chi connectivity index (χ3n) is 6.86. The number of carbonyl (C=O) groups is 4. The molecule has 1 heterocycles. The zero-order valence-electron chi connectivity index (χ0n) is 23.9. The molecule has 0 saturated carbocycles. The van der Waals surface area contributed by atoms with Crippen molar-refractivity contribution in [2.45, 2.75) is 47.6 Å². The lowest BCUT2D eigenvalue weighted by Gasteiger charge is -2.31. The van der Waals surface area contributed by atoms with Crippen molar-refractivity contribution in [2.75, 3.05) is 28.2 Å². The summed E-state index contributed by atoms with van der Waals surface area (Å²) in [6.07, 6.45) is 0. The first-order chi connectivity index (χ1) is 18.8. The normalized spacial score (nSPS) is 15.2. The highest BCUT2D eigenvalue weighted by molar-refractivity contribution is 6.13. The van der Waals surface area contributed by atoms with E-state index in [0.29, 0.717) is 22.6 Å². The average molecular weight is 541 g/mol. The lowest BCUT2D eigenvalue weighted by atomic mass is 9.94. The summed E-state index contributed by atoms with van der Waals surface area (Å²) in [5.74, 6) is -0.918. The van der Waals surface area contributed by atoms with Crippen LogP contribution in [-0.4, -0.2) is 42.8 Å². The quantitative estimate of drug-likeness (QED) is 0.423. The molecule has 0 aliphatic carbocycles. The van der Waals surface area contributed by atoms with Gasteiger partial charge in [-0.15, -0.1) is 0 Å². The number of aryl methyl sites for hydroxylation is 3. The van der Waals surface area contributed by atoms with Gasteiger partial charge in [0.1, 0.15) is 6.04 Å². The van der Waals surface area contributed by atoms with Crippen LogP contribution in [0.5, 0.6) is 0 Å². The molecule has 8 heteroatoms. The summed E-state index contributed by atoms with van der Waals surface area (Å²) in [6.45, 7) is 10.7. The molecule has 4 rings (SSSR count). The minimum atomic E-state index is -1.10. The molecule has 4 amide bonds. The zero-order valence-corrected chi connectivity index (χ0v) is 23.9. The van der Waals surface area contributed by atoms with Crippen molar-refractivity contribution in [1.29, 1.82) is 0 Å². The van der Waals surface area contributed by atoms with Gasteiger partial charge < -0.3 is 20.4 Å². The van der Waals surface area contributed by atoms with E-state index in [4.69, 9.17) is 0 Å². The van der Waals surface area contributed by atoms with Gasteiger partial charge in [-0.3, -0.25) is 14.4 Å². The number of nitrogens with one attached hydrogen (secondary N) is 2. The summed E-state index contributed by atoms with van der Waals surface area (Å²) in [5, 5.41) is 5.54. The largest absolute Gasteiger partial charge is 0.324 e. The van der Waals surface area contributed by atoms with Crippen LogP contribution in [0, 0.1) is 26.2 Å². The van der Waals surface area contributed by atoms with Crippen LogP contribution in [0.2, 0.25) is 0 Å². The predicted octanol–water partition coefficient (Wildman–Crippen LogP) is 5.41. The van der Waals surface area contributed by atoms with E-state index < -0.39 is 23.4 Å². The Morgan fingerprint density at radius 1 is 0.875 bits per heavy atom. The van der Waals surface area contributed by atoms with Crippen molar-refractivity contribution >= 4 is 40.7 Å². The maximum Gasteiger partial charge on any atom is 0.319 e. The van der Waals surface area contributed by atoms with E-state index in [1.165, 1.54) is 4.90 Å². The number of anilines is 3. The molecule has 2 N–H and O–H groups in total. The first kappa shape index (κ1) is 28.5. The summed E-state index contributed by atoms with van der Waals surface area (Å²) in [7, 11) is 0. The molecule has 0 radical (unpaired) electrons. The molecule has 208 valence electrons. The predicted molar refractivity (Wildman–Crippen MR) is 158 cm³/mol. The molecular weight excluding hydrogens is 504 g/mol. The van der Waals surface area contributed by atoms with Gasteiger partial charge in [0.15, 0.2) is 5.78 Å². The first-order valence-electron chi connectivity index (χ1n) is 13.3. The fraction of sp³-hybridized carbons (Fsp3) is 0.312. The number of carbonyl (C=O) groups excluding carboxylic acids is 4. The lowest BCUT2D eigenvalue weighted by molar-refractivity contribution is -0.126. The van der Waals surface area contributed by atoms with Gasteiger partial charge >= 0.3 is 6.03 Å². The van der Waals surface area contributed by atoms with E-state index >= 15 is 0 Å². The second kappa shape index (κ2) is 11.3. The number of ketones is 1. The Hall–Kier alpha value is -4.46. The lowest BCUT2D eigenvalue weighted by Crippen LogP contribution is -2.55. The van der Waals surface area contributed by atoms with Crippen LogP contribution in [-0.2, 0) is 9.59 Å². The molecule has 1 atom stereocenters. The van der Waals surface area contributed by atoms with Gasteiger partial charge in [-0.25, -0.2) is 4.79 Å². The van der Waals surface area contributed by atoms with Crippen molar-refractivity contribution in [2.24, 2.45) is 5.41 Å². The standard InChI is InChI=1S/C32H36N4O4/c1-20-10-9-12-23(16-20)33-31(40)34-25-18-36(30(39)32(4,5)6)26-15-14-21(2)17-27(26)35(29(25)38)19-28(37)24-13-8-7-11-22(24)3/h7-17,25H,18-19H2,1-6H3,(H2,33,34,40). The van der Waals surface area contributed by atoms with Gasteiger partial charge in [0.2, 0.25) is 5.91 Å². The van der Waals surface area contributed by atoms with Crippen molar-refractivity contribution in [3.05, 3.63) is 89.0 Å². The monoisotopic (exact) mass is 540 g/mol. The molecule has 1 unspecified atom stereocenters. The van der Waals surface area contributed by atoms with Gasteiger partial charge in [-0.1, -0.05) is 63.2 Å². The fourth-order valence-corrected chi connectivity index (χ4v) is 4.77. The Bertz CT molecular complexity index is 1470. The molecule has 0 aromatic heterocycles. The van der Waals surface area contributed by atoms with Crippen LogP contribution in [0.15, 0.2) is 66.7 Å². The van der Waals surface area contributed by atoms with E-state index in [0.717, 1.165) is 16.7 Å². The summed E-state index contributed by atoms with van der Waals surface area (Å²) in [4.78, 5) is 57.3. The van der Waals surface area contributed by atoms with E-state index in [2.05, 4.69) is 10.6 Å². The highest BCUT2D eigenvalue weighted by Crippen LogP contribution is 2.36. The highest BCUT2D eigenvalue weighted by atomic mass is 16.2. The fourth-order valence-electron chi connectivity index (χ4n) is 4.77. The molecule has 0 spiro atoms. The second-order valence-corrected chi connectivity index (χ2v) is 11.3. The number of rotatable bonds is 5. The van der Waals surface area contributed by atoms with Crippen LogP contribution in [0.4, 0.5) is 21.9 Å². The van der Waals surface area contributed by atoms with Gasteiger partial charge in [0.25, 0.3) is 5.91 Å². The van der Waals surface area contributed by atoms with Crippen LogP contribution in [0.3, 0.4) is 0 Å². The molecule has 0 fully saturated rings. The van der Waals surface area contributed by atoms with E-state index in [1.807, 2.05) is 77.9 Å². The molecule has 1 aliphatic rings. The Morgan fingerprint density at radius 3 is 2.25 bits per heavy atom. The van der Waals surface area contributed by atoms with Gasteiger partial charge in [-0.05, 0) is 61.7 Å². The molecule has 40 heavy (non-hydrogen) atoms. The van der Waals surface area contributed by atoms with Gasteiger partial charge in [0.05, 0.1) is 24.5 Å². The van der Waals surface area contributed by atoms with Crippen LogP contribution >= 0.6 is 0 Å². The Balaban J connectivity index is 1.75. The molecule has 1 aliphatic heterocycles. The van der Waals surface area contributed by atoms with E-state index in [9.17, 15) is 19.2 Å². The SMILES string of the molecule is Cc1cccc(NC(=O)NC2CN(C(=O)C(C)(C)C)c3ccc(C)cc3N(CC(=O)c3ccccc3C)C2=O)c1. The summed E-state index contributed by atoms with van der Waals surface area (Å²) >= 11 is 0. The number of amides is 4. The summed E-state index contributed by atoms with van der Waals surface area (Å²) in [6, 6.07) is 18.3. The minimum Gasteiger partial charge on any atom is -0.324 e. The molecule has 3 aromatic rings. The number of hydrogen-bond acceptors (Lipinski definition) is 4. The van der Waals surface area contributed by atoms with Crippen LogP contribution in [0.25, 0.3) is 0 Å². The number of hydrogen-bond donors (Lipinski definition) is 2. The maximum absolute atomic E-state index is 14.1. The van der Waals surface area contributed by atoms with Crippen molar-refractivity contribution in [1.82, 2.24) is 5.32 Å². The number of nitrogens with zero attached hydrogens (tertiary/aromatic N) is 2. The molecule has 0 bridgehead atoms. The van der Waals surface area contributed by atoms with Crippen LogP contribution in [0.1, 0.15) is 47.8 Å². The molecule has 0 saturated heterocycles. The van der Waals surface area contributed by atoms with Crippen molar-refractivity contribution in [3.8, 4) is 0 Å². The third-order valence-corrected chi connectivity index (χ3v) is 6.86. The first-order valence-corrected chi connectivity index (χ1v) is 13.3. The number of fused-ring (bicyclic) bond motifs is 1. The zero-order chi connectivity index (χ0) is 29.2. The minimum absolute atomic E-state index is 0.0821. The van der Waals surface area contributed by atoms with Crippen LogP contribution < -0.4 is 20.4 Å². The topological polar surface area (TPSA) is 98.8 Å². The smallest absolute Gasteiger partial charge is 0.319 e. The Morgan fingerprint density at radius 2 is 1.57 bits per heavy atom. The van der Waals surface area contributed by atoms with Crippen molar-refractivity contribution < 1.29 is 19.2 Å². The Labute approximate surface area is 235 Å². The third kappa shape index (κ3) is 6.22. The number of urea groups is 1. The number of Topliss-reactive ketones (excluding diaryl/α,β-unsaturated/α-hetero) is 1. The van der Waals surface area contributed by atoms with Crippen molar-refractivity contribution in [3.63, 3.8) is 0 Å². The van der Waals surface area contributed by atoms with Gasteiger partial charge in [-0.2, -0.15) is 0 Å². The molecule has 3 aromatic carbocycles. The Kier molecular flexibility index (Phi) is 8.09. The highest BCUT2D eigenvalue weighted by Gasteiger charge is 2.40. The number of benzene rings is 3.